The third-order valence-corrected chi connectivity index (χ3v) is 3.06. The van der Waals surface area contributed by atoms with Crippen LogP contribution in [0.2, 0.25) is 0 Å². The van der Waals surface area contributed by atoms with E-state index in [0.29, 0.717) is 11.3 Å². The summed E-state index contributed by atoms with van der Waals surface area (Å²) in [7, 11) is 1.45. The summed E-state index contributed by atoms with van der Waals surface area (Å²) in [6.45, 7) is -0.416. The van der Waals surface area contributed by atoms with Crippen LogP contribution in [0.3, 0.4) is 0 Å². The molecule has 4 nitrogen and oxygen atoms in total. The minimum Gasteiger partial charge on any atom is -0.496 e. The first-order valence-electron chi connectivity index (χ1n) is 6.87. The summed E-state index contributed by atoms with van der Waals surface area (Å²) in [6, 6.07) is 12.7. The first kappa shape index (κ1) is 16.4. The molecule has 0 N–H and O–H groups in total. The molecule has 23 heavy (non-hydrogen) atoms. The van der Waals surface area contributed by atoms with E-state index in [9.17, 15) is 14.0 Å². The maximum absolute atomic E-state index is 13.4. The number of hydrogen-bond acceptors (Lipinski definition) is 4. The highest BCUT2D eigenvalue weighted by Crippen LogP contribution is 2.17. The molecule has 2 rings (SSSR count). The average molecular weight is 314 g/mol. The number of methoxy groups -OCH3 is 1. The Kier molecular flexibility index (Phi) is 5.63. The van der Waals surface area contributed by atoms with E-state index in [1.54, 1.807) is 36.4 Å². The second-order valence-electron chi connectivity index (χ2n) is 4.59. The zero-order valence-corrected chi connectivity index (χ0v) is 12.5. The molecule has 0 saturated carbocycles. The van der Waals surface area contributed by atoms with Gasteiger partial charge in [0.05, 0.1) is 12.7 Å². The fourth-order valence-corrected chi connectivity index (χ4v) is 1.91. The lowest BCUT2D eigenvalue weighted by atomic mass is 10.1. The Morgan fingerprint density at radius 2 is 1.78 bits per heavy atom. The van der Waals surface area contributed by atoms with E-state index >= 15 is 0 Å². The smallest absolute Gasteiger partial charge is 0.331 e. The van der Waals surface area contributed by atoms with Gasteiger partial charge in [0.1, 0.15) is 11.6 Å². The number of Topliss-reactive ketones (excluding diaryl/α,β-unsaturated/α-hetero) is 1. The van der Waals surface area contributed by atoms with Gasteiger partial charge >= 0.3 is 5.97 Å². The highest BCUT2D eigenvalue weighted by Gasteiger charge is 2.13. The molecule has 0 aliphatic rings. The van der Waals surface area contributed by atoms with Gasteiger partial charge in [-0.3, -0.25) is 4.79 Å². The molecule has 118 valence electrons. The van der Waals surface area contributed by atoms with Crippen LogP contribution in [0, 0.1) is 5.82 Å². The third-order valence-electron chi connectivity index (χ3n) is 3.06. The summed E-state index contributed by atoms with van der Waals surface area (Å²) in [4.78, 5) is 23.6. The van der Waals surface area contributed by atoms with E-state index in [4.69, 9.17) is 9.47 Å². The molecule has 0 heterocycles. The molecule has 0 aromatic heterocycles. The van der Waals surface area contributed by atoms with Crippen LogP contribution in [0.5, 0.6) is 5.75 Å². The van der Waals surface area contributed by atoms with Crippen molar-refractivity contribution < 1.29 is 23.5 Å². The molecule has 0 bridgehead atoms. The highest BCUT2D eigenvalue weighted by atomic mass is 19.1. The monoisotopic (exact) mass is 314 g/mol. The first-order valence-corrected chi connectivity index (χ1v) is 6.87. The maximum Gasteiger partial charge on any atom is 0.331 e. The number of ketones is 1. The van der Waals surface area contributed by atoms with Crippen LogP contribution < -0.4 is 4.74 Å². The van der Waals surface area contributed by atoms with E-state index in [2.05, 4.69) is 0 Å². The van der Waals surface area contributed by atoms with Crippen molar-refractivity contribution in [1.82, 2.24) is 0 Å². The lowest BCUT2D eigenvalue weighted by Gasteiger charge is -2.07. The molecule has 0 fully saturated rings. The van der Waals surface area contributed by atoms with Gasteiger partial charge in [-0.05, 0) is 24.3 Å². The Morgan fingerprint density at radius 3 is 2.52 bits per heavy atom. The van der Waals surface area contributed by atoms with Crippen molar-refractivity contribution in [3.05, 3.63) is 71.6 Å². The molecule has 0 atom stereocenters. The third kappa shape index (κ3) is 4.51. The second kappa shape index (κ2) is 7.89. The fraction of sp³-hybridized carbons (Fsp3) is 0.111. The summed E-state index contributed by atoms with van der Waals surface area (Å²) in [5, 5.41) is 0. The van der Waals surface area contributed by atoms with Gasteiger partial charge in [0.25, 0.3) is 0 Å². The Balaban J connectivity index is 1.94. The summed E-state index contributed by atoms with van der Waals surface area (Å²) < 4.78 is 23.3. The number of rotatable bonds is 6. The van der Waals surface area contributed by atoms with Crippen LogP contribution in [-0.4, -0.2) is 25.5 Å². The zero-order valence-electron chi connectivity index (χ0n) is 12.5. The standard InChI is InChI=1S/C18H15FO4/c1-22-17-9-5-3-7-14(17)16(20)12-23-18(21)11-10-13-6-2-4-8-15(13)19/h2-11H,12H2,1H3/b11-10+. The van der Waals surface area contributed by atoms with Crippen molar-refractivity contribution in [2.24, 2.45) is 0 Å². The molecule has 2 aromatic carbocycles. The van der Waals surface area contributed by atoms with Crippen LogP contribution >= 0.6 is 0 Å². The van der Waals surface area contributed by atoms with Gasteiger partial charge in [-0.25, -0.2) is 9.18 Å². The van der Waals surface area contributed by atoms with Gasteiger partial charge in [-0.15, -0.1) is 0 Å². The summed E-state index contributed by atoms with van der Waals surface area (Å²) in [5.41, 5.74) is 0.599. The van der Waals surface area contributed by atoms with Gasteiger partial charge < -0.3 is 9.47 Å². The van der Waals surface area contributed by atoms with E-state index < -0.39 is 18.4 Å². The molecule has 0 amide bonds. The molecular formula is C18H15FO4. The first-order chi connectivity index (χ1) is 11.1. The van der Waals surface area contributed by atoms with Crippen molar-refractivity contribution >= 4 is 17.8 Å². The lowest BCUT2D eigenvalue weighted by Crippen LogP contribution is -2.13. The average Bonchev–Trinajstić information content (AvgIpc) is 2.58. The van der Waals surface area contributed by atoms with Crippen molar-refractivity contribution in [2.75, 3.05) is 13.7 Å². The molecule has 0 aliphatic carbocycles. The Hall–Kier alpha value is -2.95. The number of para-hydroxylation sites is 1. The van der Waals surface area contributed by atoms with Crippen molar-refractivity contribution in [1.29, 1.82) is 0 Å². The molecular weight excluding hydrogens is 299 g/mol. The van der Waals surface area contributed by atoms with Gasteiger partial charge in [0.2, 0.25) is 5.78 Å². The fourth-order valence-electron chi connectivity index (χ4n) is 1.91. The maximum atomic E-state index is 13.4. The molecule has 5 heteroatoms. The predicted molar refractivity (Wildman–Crippen MR) is 83.7 cm³/mol. The normalized spacial score (nSPS) is 10.5. The Labute approximate surface area is 133 Å². The summed E-state index contributed by atoms with van der Waals surface area (Å²) in [5.74, 6) is -1.14. The van der Waals surface area contributed by atoms with Crippen LogP contribution in [0.15, 0.2) is 54.6 Å². The Bertz CT molecular complexity index is 737. The second-order valence-corrected chi connectivity index (χ2v) is 4.59. The van der Waals surface area contributed by atoms with Gasteiger partial charge in [-0.2, -0.15) is 0 Å². The quantitative estimate of drug-likeness (QED) is 0.466. The number of carbonyl (C=O) groups is 2. The molecule has 2 aromatic rings. The molecule has 0 saturated heterocycles. The number of halogens is 1. The predicted octanol–water partition coefficient (Wildman–Crippen LogP) is 3.27. The molecule has 0 radical (unpaired) electrons. The van der Waals surface area contributed by atoms with Crippen LogP contribution in [0.1, 0.15) is 15.9 Å². The van der Waals surface area contributed by atoms with Gasteiger partial charge in [0.15, 0.2) is 6.61 Å². The number of carbonyl (C=O) groups excluding carboxylic acids is 2. The summed E-state index contributed by atoms with van der Waals surface area (Å²) >= 11 is 0. The minimum absolute atomic E-state index is 0.264. The molecule has 0 aliphatic heterocycles. The number of benzene rings is 2. The van der Waals surface area contributed by atoms with Crippen molar-refractivity contribution in [3.8, 4) is 5.75 Å². The number of esters is 1. The topological polar surface area (TPSA) is 52.6 Å². The SMILES string of the molecule is COc1ccccc1C(=O)COC(=O)/C=C/c1ccccc1F. The molecule has 0 unspecified atom stereocenters. The minimum atomic E-state index is -0.725. The lowest BCUT2D eigenvalue weighted by molar-refractivity contribution is -0.136. The van der Waals surface area contributed by atoms with Crippen molar-refractivity contribution in [3.63, 3.8) is 0 Å². The van der Waals surface area contributed by atoms with E-state index in [0.717, 1.165) is 6.08 Å². The van der Waals surface area contributed by atoms with Crippen LogP contribution in [0.4, 0.5) is 4.39 Å². The number of hydrogen-bond donors (Lipinski definition) is 0. The summed E-state index contributed by atoms with van der Waals surface area (Å²) in [6.07, 6.45) is 2.37. The Morgan fingerprint density at radius 1 is 1.09 bits per heavy atom. The van der Waals surface area contributed by atoms with E-state index in [1.807, 2.05) is 0 Å². The van der Waals surface area contributed by atoms with Gasteiger partial charge in [-0.1, -0.05) is 30.3 Å². The highest BCUT2D eigenvalue weighted by molar-refractivity contribution is 6.01. The van der Waals surface area contributed by atoms with Gasteiger partial charge in [0, 0.05) is 11.6 Å². The van der Waals surface area contributed by atoms with Crippen LogP contribution in [-0.2, 0) is 9.53 Å². The van der Waals surface area contributed by atoms with E-state index in [1.165, 1.54) is 25.3 Å². The van der Waals surface area contributed by atoms with Crippen molar-refractivity contribution in [2.45, 2.75) is 0 Å². The molecule has 0 spiro atoms. The van der Waals surface area contributed by atoms with E-state index in [-0.39, 0.29) is 11.3 Å². The number of ether oxygens (including phenoxy) is 2. The van der Waals surface area contributed by atoms with Crippen LogP contribution in [0.25, 0.3) is 6.08 Å². The zero-order chi connectivity index (χ0) is 16.7. The largest absolute Gasteiger partial charge is 0.496 e.